The summed E-state index contributed by atoms with van der Waals surface area (Å²) < 4.78 is 10.6. The van der Waals surface area contributed by atoms with Gasteiger partial charge in [0.05, 0.1) is 13.7 Å². The Morgan fingerprint density at radius 1 is 1.22 bits per heavy atom. The summed E-state index contributed by atoms with van der Waals surface area (Å²) in [6.07, 6.45) is 3.40. The highest BCUT2D eigenvalue weighted by molar-refractivity contribution is 6.59. The third-order valence-electron chi connectivity index (χ3n) is 2.73. The molecule has 0 radical (unpaired) electrons. The molecule has 1 aromatic rings. The highest BCUT2D eigenvalue weighted by Crippen LogP contribution is 2.11. The van der Waals surface area contributed by atoms with Gasteiger partial charge in [0.25, 0.3) is 0 Å². The fourth-order valence-electron chi connectivity index (χ4n) is 1.72. The first-order valence-electron chi connectivity index (χ1n) is 6.29. The molecule has 0 aromatic heterocycles. The molecule has 5 heteroatoms. The molecule has 0 saturated heterocycles. The second-order valence-corrected chi connectivity index (χ2v) is 4.21. The SMILES string of the molecule is CCCCCOCc1ccc(OC)c(B(O)O)c1. The number of unbranched alkanes of at least 4 members (excludes halogenated alkanes) is 2. The average Bonchev–Trinajstić information content (AvgIpc) is 2.38. The Kier molecular flexibility index (Phi) is 6.79. The molecule has 4 nitrogen and oxygen atoms in total. The molecule has 0 amide bonds. The molecular formula is C13H21BO4. The smallest absolute Gasteiger partial charge is 0.492 e. The Morgan fingerprint density at radius 2 is 2.00 bits per heavy atom. The summed E-state index contributed by atoms with van der Waals surface area (Å²) in [5.74, 6) is 0.472. The topological polar surface area (TPSA) is 58.9 Å². The highest BCUT2D eigenvalue weighted by Gasteiger charge is 2.17. The van der Waals surface area contributed by atoms with Crippen molar-refractivity contribution in [3.05, 3.63) is 23.8 Å². The Bertz CT molecular complexity index is 355. The zero-order chi connectivity index (χ0) is 13.4. The van der Waals surface area contributed by atoms with Crippen LogP contribution in [0, 0.1) is 0 Å². The van der Waals surface area contributed by atoms with Crippen LogP contribution in [0.1, 0.15) is 31.7 Å². The second-order valence-electron chi connectivity index (χ2n) is 4.21. The molecule has 0 bridgehead atoms. The van der Waals surface area contributed by atoms with Gasteiger partial charge in [0.2, 0.25) is 0 Å². The number of benzene rings is 1. The van der Waals surface area contributed by atoms with Gasteiger partial charge in [-0.3, -0.25) is 0 Å². The molecule has 0 aliphatic rings. The van der Waals surface area contributed by atoms with E-state index in [0.29, 0.717) is 17.8 Å². The van der Waals surface area contributed by atoms with E-state index in [1.165, 1.54) is 20.0 Å². The van der Waals surface area contributed by atoms with Crippen LogP contribution in [0.2, 0.25) is 0 Å². The molecule has 0 heterocycles. The number of methoxy groups -OCH3 is 1. The molecule has 0 atom stereocenters. The van der Waals surface area contributed by atoms with Crippen LogP contribution >= 0.6 is 0 Å². The summed E-state index contributed by atoms with van der Waals surface area (Å²) in [4.78, 5) is 0. The summed E-state index contributed by atoms with van der Waals surface area (Å²) in [5, 5.41) is 18.5. The lowest BCUT2D eigenvalue weighted by atomic mass is 9.79. The minimum atomic E-state index is -1.53. The first-order chi connectivity index (χ1) is 8.69. The number of hydrogen-bond acceptors (Lipinski definition) is 4. The largest absolute Gasteiger partial charge is 0.497 e. The summed E-state index contributed by atoms with van der Waals surface area (Å²) in [6, 6.07) is 5.29. The van der Waals surface area contributed by atoms with Gasteiger partial charge in [-0.15, -0.1) is 0 Å². The molecular weight excluding hydrogens is 231 g/mol. The molecule has 18 heavy (non-hydrogen) atoms. The fraction of sp³-hybridized carbons (Fsp3) is 0.538. The van der Waals surface area contributed by atoms with Gasteiger partial charge in [0, 0.05) is 12.1 Å². The molecule has 0 aliphatic carbocycles. The van der Waals surface area contributed by atoms with E-state index in [4.69, 9.17) is 9.47 Å². The van der Waals surface area contributed by atoms with E-state index < -0.39 is 7.12 Å². The Balaban J connectivity index is 2.53. The Morgan fingerprint density at radius 3 is 2.61 bits per heavy atom. The van der Waals surface area contributed by atoms with Gasteiger partial charge in [-0.05, 0) is 18.1 Å². The van der Waals surface area contributed by atoms with Crippen LogP contribution in [0.4, 0.5) is 0 Å². The second kappa shape index (κ2) is 8.13. The number of hydrogen-bond donors (Lipinski definition) is 2. The van der Waals surface area contributed by atoms with E-state index in [1.54, 1.807) is 12.1 Å². The van der Waals surface area contributed by atoms with Gasteiger partial charge in [-0.1, -0.05) is 31.9 Å². The minimum Gasteiger partial charge on any atom is -0.497 e. The Hall–Kier alpha value is -1.04. The van der Waals surface area contributed by atoms with Crippen LogP contribution in [0.25, 0.3) is 0 Å². The van der Waals surface area contributed by atoms with Crippen molar-refractivity contribution in [3.8, 4) is 5.75 Å². The molecule has 2 N–H and O–H groups in total. The van der Waals surface area contributed by atoms with Crippen molar-refractivity contribution in [2.45, 2.75) is 32.8 Å². The van der Waals surface area contributed by atoms with Crippen molar-refractivity contribution >= 4 is 12.6 Å². The molecule has 0 spiro atoms. The van der Waals surface area contributed by atoms with Crippen molar-refractivity contribution in [3.63, 3.8) is 0 Å². The van der Waals surface area contributed by atoms with E-state index >= 15 is 0 Å². The molecule has 1 aromatic carbocycles. The van der Waals surface area contributed by atoms with Crippen molar-refractivity contribution in [1.82, 2.24) is 0 Å². The predicted molar refractivity (Wildman–Crippen MR) is 72.0 cm³/mol. The van der Waals surface area contributed by atoms with Crippen molar-refractivity contribution < 1.29 is 19.5 Å². The van der Waals surface area contributed by atoms with Gasteiger partial charge >= 0.3 is 7.12 Å². The first-order valence-corrected chi connectivity index (χ1v) is 6.29. The van der Waals surface area contributed by atoms with Crippen LogP contribution in [-0.4, -0.2) is 30.9 Å². The fourth-order valence-corrected chi connectivity index (χ4v) is 1.72. The quantitative estimate of drug-likeness (QED) is 0.537. The standard InChI is InChI=1S/C13H21BO4/c1-3-4-5-8-18-10-11-6-7-13(17-2)12(9-11)14(15)16/h6-7,9,15-16H,3-5,8,10H2,1-2H3. The average molecular weight is 252 g/mol. The molecule has 0 unspecified atom stereocenters. The summed E-state index contributed by atoms with van der Waals surface area (Å²) in [6.45, 7) is 3.36. The normalized spacial score (nSPS) is 10.4. The maximum Gasteiger partial charge on any atom is 0.492 e. The van der Waals surface area contributed by atoms with Crippen LogP contribution in [-0.2, 0) is 11.3 Å². The lowest BCUT2D eigenvalue weighted by molar-refractivity contribution is 0.117. The number of rotatable bonds is 8. The zero-order valence-corrected chi connectivity index (χ0v) is 11.1. The zero-order valence-electron chi connectivity index (χ0n) is 11.1. The molecule has 100 valence electrons. The number of ether oxygens (including phenoxy) is 2. The van der Waals surface area contributed by atoms with Gasteiger partial charge in [0.15, 0.2) is 0 Å². The van der Waals surface area contributed by atoms with Crippen molar-refractivity contribution in [2.24, 2.45) is 0 Å². The van der Waals surface area contributed by atoms with Gasteiger partial charge < -0.3 is 19.5 Å². The van der Waals surface area contributed by atoms with E-state index in [0.717, 1.165) is 18.6 Å². The third-order valence-corrected chi connectivity index (χ3v) is 2.73. The maximum atomic E-state index is 9.24. The van der Waals surface area contributed by atoms with Crippen LogP contribution in [0.3, 0.4) is 0 Å². The summed E-state index contributed by atoms with van der Waals surface area (Å²) >= 11 is 0. The van der Waals surface area contributed by atoms with E-state index in [1.807, 2.05) is 6.07 Å². The minimum absolute atomic E-state index is 0.368. The maximum absolute atomic E-state index is 9.24. The highest BCUT2D eigenvalue weighted by atomic mass is 16.5. The van der Waals surface area contributed by atoms with Crippen LogP contribution in [0.5, 0.6) is 5.75 Å². The van der Waals surface area contributed by atoms with E-state index in [-0.39, 0.29) is 0 Å². The van der Waals surface area contributed by atoms with E-state index in [2.05, 4.69) is 6.92 Å². The predicted octanol–water partition coefficient (Wildman–Crippen LogP) is 1.08. The molecule has 0 aliphatic heterocycles. The van der Waals surface area contributed by atoms with Gasteiger partial charge in [0.1, 0.15) is 5.75 Å². The monoisotopic (exact) mass is 252 g/mol. The van der Waals surface area contributed by atoms with Crippen molar-refractivity contribution in [1.29, 1.82) is 0 Å². The third kappa shape index (κ3) is 4.68. The lowest BCUT2D eigenvalue weighted by Crippen LogP contribution is -2.31. The summed E-state index contributed by atoms with van der Waals surface area (Å²) in [7, 11) is -0.0257. The molecule has 0 fully saturated rings. The van der Waals surface area contributed by atoms with Crippen LogP contribution < -0.4 is 10.2 Å². The molecule has 1 rings (SSSR count). The van der Waals surface area contributed by atoms with Crippen LogP contribution in [0.15, 0.2) is 18.2 Å². The Labute approximate surface area is 109 Å². The lowest BCUT2D eigenvalue weighted by Gasteiger charge is -2.10. The van der Waals surface area contributed by atoms with Gasteiger partial charge in [-0.2, -0.15) is 0 Å². The van der Waals surface area contributed by atoms with E-state index in [9.17, 15) is 10.0 Å². The summed E-state index contributed by atoms with van der Waals surface area (Å²) in [5.41, 5.74) is 1.28. The molecule has 0 saturated carbocycles. The van der Waals surface area contributed by atoms with Gasteiger partial charge in [-0.25, -0.2) is 0 Å². The van der Waals surface area contributed by atoms with Crippen molar-refractivity contribution in [2.75, 3.05) is 13.7 Å². The first kappa shape index (κ1) is 15.0.